The average molecular weight is 224 g/mol. The van der Waals surface area contributed by atoms with E-state index in [1.807, 2.05) is 0 Å². The van der Waals surface area contributed by atoms with E-state index in [4.69, 9.17) is 4.84 Å². The van der Waals surface area contributed by atoms with Crippen LogP contribution in [0.15, 0.2) is 18.2 Å². The van der Waals surface area contributed by atoms with Gasteiger partial charge in [-0.05, 0) is 18.6 Å². The van der Waals surface area contributed by atoms with Gasteiger partial charge in [0.2, 0.25) is 0 Å². The summed E-state index contributed by atoms with van der Waals surface area (Å²) in [5, 5.41) is 11.6. The van der Waals surface area contributed by atoms with Gasteiger partial charge in [-0.25, -0.2) is 5.06 Å². The quantitative estimate of drug-likeness (QED) is 0.576. The van der Waals surface area contributed by atoms with Crippen molar-refractivity contribution in [2.75, 3.05) is 14.2 Å². The molecule has 16 heavy (non-hydrogen) atoms. The van der Waals surface area contributed by atoms with E-state index in [-0.39, 0.29) is 11.3 Å². The molecule has 0 aliphatic rings. The van der Waals surface area contributed by atoms with Crippen LogP contribution >= 0.6 is 0 Å². The molecule has 0 heterocycles. The molecule has 1 aromatic rings. The van der Waals surface area contributed by atoms with Gasteiger partial charge in [0.25, 0.3) is 11.6 Å². The number of hydroxylamine groups is 2. The Balaban J connectivity index is 3.14. The summed E-state index contributed by atoms with van der Waals surface area (Å²) in [6.45, 7) is 1.69. The minimum absolute atomic E-state index is 0.104. The summed E-state index contributed by atoms with van der Waals surface area (Å²) in [4.78, 5) is 26.5. The highest BCUT2D eigenvalue weighted by Gasteiger charge is 2.16. The maximum Gasteiger partial charge on any atom is 0.277 e. The first-order valence-corrected chi connectivity index (χ1v) is 4.54. The van der Waals surface area contributed by atoms with Crippen LogP contribution in [0, 0.1) is 17.0 Å². The number of hydrogen-bond donors (Lipinski definition) is 0. The third-order valence-electron chi connectivity index (χ3n) is 2.08. The normalized spacial score (nSPS) is 9.94. The number of nitro groups is 1. The molecule has 6 nitrogen and oxygen atoms in total. The lowest BCUT2D eigenvalue weighted by Gasteiger charge is -2.13. The second-order valence-corrected chi connectivity index (χ2v) is 3.30. The highest BCUT2D eigenvalue weighted by atomic mass is 16.7. The Bertz CT molecular complexity index is 431. The van der Waals surface area contributed by atoms with Crippen molar-refractivity contribution < 1.29 is 14.6 Å². The highest BCUT2D eigenvalue weighted by molar-refractivity contribution is 5.94. The fraction of sp³-hybridized carbons (Fsp3) is 0.300. The van der Waals surface area contributed by atoms with Gasteiger partial charge in [0, 0.05) is 24.7 Å². The molecule has 6 heteroatoms. The molecule has 0 saturated heterocycles. The predicted molar refractivity (Wildman–Crippen MR) is 56.9 cm³/mol. The lowest BCUT2D eigenvalue weighted by molar-refractivity contribution is -0.384. The molecular weight excluding hydrogens is 212 g/mol. The lowest BCUT2D eigenvalue weighted by Crippen LogP contribution is -2.25. The number of non-ortho nitro benzene ring substituents is 1. The molecule has 1 rings (SSSR count). The number of nitro benzene ring substituents is 1. The van der Waals surface area contributed by atoms with Crippen molar-refractivity contribution in [2.45, 2.75) is 6.92 Å². The van der Waals surface area contributed by atoms with Gasteiger partial charge in [-0.2, -0.15) is 0 Å². The Hall–Kier alpha value is -1.95. The minimum atomic E-state index is -0.531. The molecule has 0 radical (unpaired) electrons. The molecule has 0 aliphatic heterocycles. The van der Waals surface area contributed by atoms with Gasteiger partial charge in [0.15, 0.2) is 0 Å². The Morgan fingerprint density at radius 3 is 2.56 bits per heavy atom. The number of amides is 1. The maximum atomic E-state index is 11.7. The first kappa shape index (κ1) is 12.1. The molecule has 0 spiro atoms. The number of carbonyl (C=O) groups is 1. The highest BCUT2D eigenvalue weighted by Crippen LogP contribution is 2.17. The molecule has 0 unspecified atom stereocenters. The van der Waals surface area contributed by atoms with Crippen molar-refractivity contribution in [2.24, 2.45) is 0 Å². The van der Waals surface area contributed by atoms with Gasteiger partial charge >= 0.3 is 0 Å². The van der Waals surface area contributed by atoms with Crippen LogP contribution in [0.5, 0.6) is 0 Å². The van der Waals surface area contributed by atoms with Gasteiger partial charge in [0.05, 0.1) is 12.0 Å². The molecule has 0 saturated carbocycles. The van der Waals surface area contributed by atoms with E-state index in [0.717, 1.165) is 5.06 Å². The van der Waals surface area contributed by atoms with Crippen LogP contribution in [0.1, 0.15) is 15.9 Å². The number of nitrogens with zero attached hydrogens (tertiary/aromatic N) is 2. The second kappa shape index (κ2) is 4.71. The SMILES string of the molecule is CON(C)C(=O)c1cc(C)cc([N+](=O)[O-])c1. The molecule has 0 aromatic heterocycles. The Morgan fingerprint density at radius 2 is 2.06 bits per heavy atom. The molecule has 0 N–H and O–H groups in total. The maximum absolute atomic E-state index is 11.7. The van der Waals surface area contributed by atoms with Crippen LogP contribution in [0.25, 0.3) is 0 Å². The summed E-state index contributed by atoms with van der Waals surface area (Å²) in [6.07, 6.45) is 0. The van der Waals surface area contributed by atoms with E-state index in [1.54, 1.807) is 13.0 Å². The zero-order valence-electron chi connectivity index (χ0n) is 9.26. The van der Waals surface area contributed by atoms with Crippen molar-refractivity contribution >= 4 is 11.6 Å². The molecule has 1 aromatic carbocycles. The summed E-state index contributed by atoms with van der Waals surface area (Å²) in [7, 11) is 2.79. The number of benzene rings is 1. The monoisotopic (exact) mass is 224 g/mol. The van der Waals surface area contributed by atoms with Crippen molar-refractivity contribution in [1.82, 2.24) is 5.06 Å². The zero-order chi connectivity index (χ0) is 12.3. The Morgan fingerprint density at radius 1 is 1.44 bits per heavy atom. The van der Waals surface area contributed by atoms with Gasteiger partial charge in [-0.1, -0.05) is 0 Å². The van der Waals surface area contributed by atoms with E-state index in [0.29, 0.717) is 5.56 Å². The fourth-order valence-electron chi connectivity index (χ4n) is 1.26. The van der Waals surface area contributed by atoms with Crippen molar-refractivity contribution in [3.05, 3.63) is 39.4 Å². The topological polar surface area (TPSA) is 72.7 Å². The minimum Gasteiger partial charge on any atom is -0.274 e. The number of hydrogen-bond acceptors (Lipinski definition) is 4. The summed E-state index contributed by atoms with van der Waals surface area (Å²) in [5.74, 6) is -0.422. The van der Waals surface area contributed by atoms with E-state index >= 15 is 0 Å². The predicted octanol–water partition coefficient (Wildman–Crippen LogP) is 1.54. The molecule has 0 bridgehead atoms. The smallest absolute Gasteiger partial charge is 0.274 e. The van der Waals surface area contributed by atoms with Crippen LogP contribution in [0.4, 0.5) is 5.69 Å². The van der Waals surface area contributed by atoms with Crippen LogP contribution < -0.4 is 0 Å². The van der Waals surface area contributed by atoms with E-state index in [1.165, 1.54) is 26.3 Å². The third-order valence-corrected chi connectivity index (χ3v) is 2.08. The largest absolute Gasteiger partial charge is 0.277 e. The lowest BCUT2D eigenvalue weighted by atomic mass is 10.1. The Labute approximate surface area is 92.5 Å². The van der Waals surface area contributed by atoms with Gasteiger partial charge < -0.3 is 0 Å². The molecule has 86 valence electrons. The molecule has 0 aliphatic carbocycles. The van der Waals surface area contributed by atoms with Crippen LogP contribution in [0.2, 0.25) is 0 Å². The van der Waals surface area contributed by atoms with Crippen molar-refractivity contribution in [3.63, 3.8) is 0 Å². The van der Waals surface area contributed by atoms with Gasteiger partial charge in [-0.15, -0.1) is 0 Å². The number of carbonyl (C=O) groups excluding carboxylic acids is 1. The molecule has 0 atom stereocenters. The first-order chi connectivity index (χ1) is 7.45. The summed E-state index contributed by atoms with van der Waals surface area (Å²) < 4.78 is 0. The molecule has 0 fully saturated rings. The molecular formula is C10H12N2O4. The zero-order valence-corrected chi connectivity index (χ0v) is 9.26. The standard InChI is InChI=1S/C10H12N2O4/c1-7-4-8(10(13)11(2)16-3)6-9(5-7)12(14)15/h4-6H,1-3H3. The van der Waals surface area contributed by atoms with Gasteiger partial charge in [0.1, 0.15) is 0 Å². The van der Waals surface area contributed by atoms with Crippen LogP contribution in [0.3, 0.4) is 0 Å². The van der Waals surface area contributed by atoms with Crippen LogP contribution in [-0.4, -0.2) is 30.1 Å². The summed E-state index contributed by atoms with van der Waals surface area (Å²) >= 11 is 0. The third kappa shape index (κ3) is 2.54. The second-order valence-electron chi connectivity index (χ2n) is 3.30. The number of aryl methyl sites for hydroxylation is 1. The van der Waals surface area contributed by atoms with Crippen molar-refractivity contribution in [1.29, 1.82) is 0 Å². The summed E-state index contributed by atoms with van der Waals surface area (Å²) in [6, 6.07) is 4.21. The van der Waals surface area contributed by atoms with E-state index < -0.39 is 10.8 Å². The average Bonchev–Trinajstić information content (AvgIpc) is 2.26. The molecule has 1 amide bonds. The van der Waals surface area contributed by atoms with Crippen LogP contribution in [-0.2, 0) is 4.84 Å². The Kier molecular flexibility index (Phi) is 3.57. The first-order valence-electron chi connectivity index (χ1n) is 4.54. The fourth-order valence-corrected chi connectivity index (χ4v) is 1.26. The van der Waals surface area contributed by atoms with E-state index in [9.17, 15) is 14.9 Å². The van der Waals surface area contributed by atoms with Gasteiger partial charge in [-0.3, -0.25) is 19.7 Å². The van der Waals surface area contributed by atoms with Crippen molar-refractivity contribution in [3.8, 4) is 0 Å². The summed E-state index contributed by atoms with van der Waals surface area (Å²) in [5.41, 5.74) is 0.783. The van der Waals surface area contributed by atoms with E-state index in [2.05, 4.69) is 0 Å². The number of rotatable bonds is 3.